The van der Waals surface area contributed by atoms with Gasteiger partial charge in [0.15, 0.2) is 5.96 Å². The van der Waals surface area contributed by atoms with Crippen molar-refractivity contribution in [2.24, 2.45) is 10.7 Å². The molecule has 6 nitrogen and oxygen atoms in total. The van der Waals surface area contributed by atoms with Gasteiger partial charge in [0.1, 0.15) is 5.82 Å². The van der Waals surface area contributed by atoms with E-state index < -0.39 is 0 Å². The number of benzene rings is 1. The molecule has 1 aromatic carbocycles. The number of piperazine rings is 1. The number of hydrogen-bond donors (Lipinski definition) is 2. The predicted molar refractivity (Wildman–Crippen MR) is 116 cm³/mol. The number of aryl methyl sites for hydroxylation is 2. The first kappa shape index (κ1) is 18.7. The van der Waals surface area contributed by atoms with Crippen LogP contribution in [-0.2, 0) is 19.4 Å². The third kappa shape index (κ3) is 4.44. The van der Waals surface area contributed by atoms with E-state index in [4.69, 9.17) is 5.73 Å². The van der Waals surface area contributed by atoms with Crippen LogP contribution in [0.2, 0.25) is 0 Å². The highest BCUT2D eigenvalue weighted by Crippen LogP contribution is 2.24. The molecular weight excluding hydrogens is 348 g/mol. The quantitative estimate of drug-likeness (QED) is 0.618. The maximum absolute atomic E-state index is 6.12. The van der Waals surface area contributed by atoms with Gasteiger partial charge in [0.2, 0.25) is 0 Å². The molecule has 3 N–H and O–H groups in total. The molecule has 4 rings (SSSR count). The molecule has 0 atom stereocenters. The molecule has 1 aliphatic carbocycles. The lowest BCUT2D eigenvalue weighted by Crippen LogP contribution is -2.46. The highest BCUT2D eigenvalue weighted by atomic mass is 15.3. The predicted octanol–water partition coefficient (Wildman–Crippen LogP) is 2.64. The van der Waals surface area contributed by atoms with E-state index in [0.29, 0.717) is 12.5 Å². The lowest BCUT2D eigenvalue weighted by molar-refractivity contribution is 0.270. The first-order valence-corrected chi connectivity index (χ1v) is 10.3. The van der Waals surface area contributed by atoms with Crippen molar-refractivity contribution in [1.29, 1.82) is 0 Å². The number of nitrogens with one attached hydrogen (secondary N) is 1. The molecule has 0 spiro atoms. The summed E-state index contributed by atoms with van der Waals surface area (Å²) in [6, 6.07) is 10.6. The second kappa shape index (κ2) is 8.61. The highest BCUT2D eigenvalue weighted by Gasteiger charge is 2.16. The molecule has 1 fully saturated rings. The Hall–Kier alpha value is -2.60. The van der Waals surface area contributed by atoms with Crippen LogP contribution in [0.5, 0.6) is 0 Å². The molecule has 0 unspecified atom stereocenters. The maximum Gasteiger partial charge on any atom is 0.193 e. The average molecular weight is 379 g/mol. The zero-order valence-electron chi connectivity index (χ0n) is 16.7. The van der Waals surface area contributed by atoms with E-state index in [-0.39, 0.29) is 0 Å². The molecule has 0 bridgehead atoms. The summed E-state index contributed by atoms with van der Waals surface area (Å²) in [5.74, 6) is 1.49. The smallest absolute Gasteiger partial charge is 0.193 e. The number of fused-ring (bicyclic) bond motifs is 1. The van der Waals surface area contributed by atoms with Crippen LogP contribution >= 0.6 is 0 Å². The molecule has 148 valence electrons. The Bertz CT molecular complexity index is 839. The van der Waals surface area contributed by atoms with Crippen molar-refractivity contribution < 1.29 is 0 Å². The minimum atomic E-state index is 0.452. The van der Waals surface area contributed by atoms with Crippen molar-refractivity contribution in [3.05, 3.63) is 53.2 Å². The summed E-state index contributed by atoms with van der Waals surface area (Å²) in [6.45, 7) is 8.12. The number of nitrogens with two attached hydrogens (primary N) is 1. The lowest BCUT2D eigenvalue weighted by Gasteiger charge is -2.34. The molecule has 6 heteroatoms. The van der Waals surface area contributed by atoms with Gasteiger partial charge in [-0.25, -0.2) is 9.98 Å². The van der Waals surface area contributed by atoms with Gasteiger partial charge in [0.05, 0.1) is 6.54 Å². The zero-order chi connectivity index (χ0) is 19.3. The highest BCUT2D eigenvalue weighted by molar-refractivity contribution is 5.92. The fourth-order valence-electron chi connectivity index (χ4n) is 4.04. The number of likely N-dealkylation sites (N-methyl/N-ethyl adjacent to an activating group) is 1. The van der Waals surface area contributed by atoms with E-state index in [1.807, 2.05) is 12.3 Å². The van der Waals surface area contributed by atoms with Crippen molar-refractivity contribution in [1.82, 2.24) is 9.88 Å². The number of guanidine groups is 1. The molecule has 2 aliphatic rings. The number of anilines is 2. The van der Waals surface area contributed by atoms with Crippen LogP contribution in [-0.4, -0.2) is 48.6 Å². The second-order valence-corrected chi connectivity index (χ2v) is 7.61. The molecular formula is C22H30N6. The monoisotopic (exact) mass is 378 g/mol. The summed E-state index contributed by atoms with van der Waals surface area (Å²) in [4.78, 5) is 13.9. The fourth-order valence-corrected chi connectivity index (χ4v) is 4.04. The van der Waals surface area contributed by atoms with Gasteiger partial charge in [-0.05, 0) is 66.8 Å². The Morgan fingerprint density at radius 2 is 1.93 bits per heavy atom. The van der Waals surface area contributed by atoms with Gasteiger partial charge >= 0.3 is 0 Å². The van der Waals surface area contributed by atoms with E-state index in [0.717, 1.165) is 56.2 Å². The number of nitrogens with zero attached hydrogens (tertiary/aromatic N) is 4. The summed E-state index contributed by atoms with van der Waals surface area (Å²) in [6.07, 6.45) is 5.47. The van der Waals surface area contributed by atoms with Crippen LogP contribution in [0, 0.1) is 0 Å². The van der Waals surface area contributed by atoms with Gasteiger partial charge in [-0.2, -0.15) is 0 Å². The molecule has 2 aromatic rings. The van der Waals surface area contributed by atoms with Crippen molar-refractivity contribution in [3.8, 4) is 0 Å². The molecule has 0 saturated carbocycles. The van der Waals surface area contributed by atoms with Crippen molar-refractivity contribution in [2.45, 2.75) is 32.7 Å². The molecule has 0 radical (unpaired) electrons. The summed E-state index contributed by atoms with van der Waals surface area (Å²) in [5.41, 5.74) is 11.2. The van der Waals surface area contributed by atoms with Crippen LogP contribution in [0.4, 0.5) is 11.5 Å². The summed E-state index contributed by atoms with van der Waals surface area (Å²) in [5, 5.41) is 3.23. The lowest BCUT2D eigenvalue weighted by atomic mass is 10.1. The largest absolute Gasteiger partial charge is 0.370 e. The average Bonchev–Trinajstić information content (AvgIpc) is 3.20. The van der Waals surface area contributed by atoms with Crippen LogP contribution < -0.4 is 16.0 Å². The van der Waals surface area contributed by atoms with Crippen molar-refractivity contribution in [2.75, 3.05) is 42.9 Å². The maximum atomic E-state index is 6.12. The van der Waals surface area contributed by atoms with Crippen LogP contribution in [0.1, 0.15) is 30.0 Å². The number of aliphatic imine (C=N–C) groups is 1. The number of pyridine rings is 1. The van der Waals surface area contributed by atoms with Crippen LogP contribution in [0.15, 0.2) is 41.5 Å². The Morgan fingerprint density at radius 3 is 2.75 bits per heavy atom. The Labute approximate surface area is 167 Å². The molecule has 0 amide bonds. The molecule has 1 aliphatic heterocycles. The normalized spacial score (nSPS) is 17.6. The standard InChI is InChI=1S/C22H30N6/c1-2-27-10-12-28(13-11-27)21-14-17(8-9-24-21)16-25-22(23)26-20-7-6-18-4-3-5-19(18)15-20/h6-9,14-15H,2-5,10-13,16H2,1H3,(H3,23,25,26). The molecule has 1 aromatic heterocycles. The Balaban J connectivity index is 1.36. The molecule has 1 saturated heterocycles. The summed E-state index contributed by atoms with van der Waals surface area (Å²) in [7, 11) is 0. The van der Waals surface area contributed by atoms with Crippen LogP contribution in [0.25, 0.3) is 0 Å². The SMILES string of the molecule is CCN1CCN(c2cc(CN=C(N)Nc3ccc4c(c3)CCC4)ccn2)CC1. The summed E-state index contributed by atoms with van der Waals surface area (Å²) >= 11 is 0. The van der Waals surface area contributed by atoms with E-state index >= 15 is 0 Å². The van der Waals surface area contributed by atoms with Gasteiger partial charge in [-0.1, -0.05) is 13.0 Å². The third-order valence-electron chi connectivity index (χ3n) is 5.76. The minimum Gasteiger partial charge on any atom is -0.370 e. The first-order chi connectivity index (χ1) is 13.7. The Kier molecular flexibility index (Phi) is 5.76. The van der Waals surface area contributed by atoms with E-state index in [2.05, 4.69) is 56.3 Å². The topological polar surface area (TPSA) is 69.8 Å². The number of aromatic nitrogens is 1. The van der Waals surface area contributed by atoms with Crippen LogP contribution in [0.3, 0.4) is 0 Å². The van der Waals surface area contributed by atoms with Gasteiger partial charge < -0.3 is 20.9 Å². The first-order valence-electron chi connectivity index (χ1n) is 10.3. The fraction of sp³-hybridized carbons (Fsp3) is 0.455. The molecule has 2 heterocycles. The van der Waals surface area contributed by atoms with Crippen molar-refractivity contribution in [3.63, 3.8) is 0 Å². The van der Waals surface area contributed by atoms with E-state index in [1.165, 1.54) is 24.0 Å². The summed E-state index contributed by atoms with van der Waals surface area (Å²) < 4.78 is 0. The number of hydrogen-bond acceptors (Lipinski definition) is 4. The zero-order valence-corrected chi connectivity index (χ0v) is 16.7. The molecule has 28 heavy (non-hydrogen) atoms. The number of rotatable bonds is 5. The Morgan fingerprint density at radius 1 is 1.11 bits per heavy atom. The van der Waals surface area contributed by atoms with Crippen molar-refractivity contribution >= 4 is 17.5 Å². The van der Waals surface area contributed by atoms with E-state index in [1.54, 1.807) is 0 Å². The minimum absolute atomic E-state index is 0.452. The van der Waals surface area contributed by atoms with E-state index in [9.17, 15) is 0 Å². The van der Waals surface area contributed by atoms with Gasteiger partial charge in [-0.3, -0.25) is 0 Å². The third-order valence-corrected chi connectivity index (χ3v) is 5.76. The van der Waals surface area contributed by atoms with Gasteiger partial charge in [0.25, 0.3) is 0 Å². The van der Waals surface area contributed by atoms with Gasteiger partial charge in [0, 0.05) is 38.1 Å². The second-order valence-electron chi connectivity index (χ2n) is 7.61. The van der Waals surface area contributed by atoms with Gasteiger partial charge in [-0.15, -0.1) is 0 Å².